The number of benzene rings is 1. The topological polar surface area (TPSA) is 50.1 Å². The van der Waals surface area contributed by atoms with Crippen molar-refractivity contribution in [1.29, 1.82) is 5.41 Å². The smallest absolute Gasteiger partial charge is 0.428 e. The molecule has 1 aromatic carbocycles. The van der Waals surface area contributed by atoms with Crippen LogP contribution in [0.5, 0.6) is 0 Å². The second-order valence-corrected chi connectivity index (χ2v) is 3.43. The molecule has 1 N–H and O–H groups in total. The van der Waals surface area contributed by atoms with E-state index in [1.165, 1.54) is 7.11 Å². The molecular weight excluding hydrogens is 271 g/mol. The fourth-order valence-electron chi connectivity index (χ4n) is 0.912. The first-order valence-electron chi connectivity index (χ1n) is 5.96. The van der Waals surface area contributed by atoms with Gasteiger partial charge in [0.1, 0.15) is 5.71 Å². The number of alkyl halides is 3. The van der Waals surface area contributed by atoms with Gasteiger partial charge >= 0.3 is 12.1 Å². The zero-order valence-electron chi connectivity index (χ0n) is 12.3. The molecule has 3 nitrogen and oxygen atoms in total. The second kappa shape index (κ2) is 10.00. The van der Waals surface area contributed by atoms with Crippen molar-refractivity contribution < 1.29 is 22.7 Å². The van der Waals surface area contributed by atoms with E-state index in [-0.39, 0.29) is 5.97 Å². The standard InChI is InChI=1S/C9H10O2.C3H4F3N.C2H6/c1-7-5-3-4-6-8(7)9(10)11-2;1-2(7)3(4,5)6;1-2/h3-6H,1-2H3;7H,1H3;1-2H3. The lowest BCUT2D eigenvalue weighted by molar-refractivity contribution is -0.0599. The van der Waals surface area contributed by atoms with Crippen LogP contribution in [-0.4, -0.2) is 25.0 Å². The predicted octanol–water partition coefficient (Wildman–Crippen LogP) is 4.40. The Kier molecular flexibility index (Phi) is 10.2. The SMILES string of the molecule is CC.CC(=N)C(F)(F)F.COC(=O)c1ccccc1C. The van der Waals surface area contributed by atoms with E-state index in [0.717, 1.165) is 5.56 Å². The molecule has 0 unspecified atom stereocenters. The van der Waals surface area contributed by atoms with Crippen molar-refractivity contribution in [2.75, 3.05) is 7.11 Å². The van der Waals surface area contributed by atoms with Crippen molar-refractivity contribution in [2.45, 2.75) is 33.9 Å². The summed E-state index contributed by atoms with van der Waals surface area (Å²) in [5.74, 6) is -0.275. The Balaban J connectivity index is 0. The van der Waals surface area contributed by atoms with Crippen molar-refractivity contribution in [2.24, 2.45) is 0 Å². The number of hydrogen-bond donors (Lipinski definition) is 1. The minimum Gasteiger partial charge on any atom is -0.465 e. The van der Waals surface area contributed by atoms with Crippen molar-refractivity contribution in [3.8, 4) is 0 Å². The molecule has 0 aliphatic carbocycles. The van der Waals surface area contributed by atoms with Gasteiger partial charge in [0.15, 0.2) is 0 Å². The summed E-state index contributed by atoms with van der Waals surface area (Å²) in [6.45, 7) is 6.59. The molecule has 0 spiro atoms. The van der Waals surface area contributed by atoms with Crippen molar-refractivity contribution >= 4 is 11.7 Å². The third-order valence-electron chi connectivity index (χ3n) is 1.98. The minimum atomic E-state index is -4.42. The van der Waals surface area contributed by atoms with E-state index in [0.29, 0.717) is 12.5 Å². The maximum absolute atomic E-state index is 11.0. The lowest BCUT2D eigenvalue weighted by atomic mass is 10.1. The van der Waals surface area contributed by atoms with Gasteiger partial charge in [0, 0.05) is 0 Å². The first-order chi connectivity index (χ1) is 9.20. The highest BCUT2D eigenvalue weighted by Gasteiger charge is 2.29. The van der Waals surface area contributed by atoms with E-state index in [2.05, 4.69) is 4.74 Å². The van der Waals surface area contributed by atoms with Crippen LogP contribution in [-0.2, 0) is 4.74 Å². The van der Waals surface area contributed by atoms with E-state index in [1.807, 2.05) is 39.0 Å². The lowest BCUT2D eigenvalue weighted by Gasteiger charge is -2.00. The summed E-state index contributed by atoms with van der Waals surface area (Å²) in [5.41, 5.74) is 0.321. The molecule has 1 rings (SSSR count). The van der Waals surface area contributed by atoms with E-state index in [4.69, 9.17) is 5.41 Å². The van der Waals surface area contributed by atoms with Gasteiger partial charge in [-0.15, -0.1) is 0 Å². The minimum absolute atomic E-state index is 0.275. The summed E-state index contributed by atoms with van der Waals surface area (Å²) in [6.07, 6.45) is -4.42. The van der Waals surface area contributed by atoms with Crippen LogP contribution in [0.2, 0.25) is 0 Å². The first-order valence-corrected chi connectivity index (χ1v) is 5.96. The third kappa shape index (κ3) is 8.29. The van der Waals surface area contributed by atoms with Gasteiger partial charge in [0.05, 0.1) is 12.7 Å². The Hall–Kier alpha value is -1.85. The number of halogens is 3. The number of nitrogens with one attached hydrogen (secondary N) is 1. The van der Waals surface area contributed by atoms with E-state index < -0.39 is 11.9 Å². The van der Waals surface area contributed by atoms with Gasteiger partial charge in [0.25, 0.3) is 0 Å². The van der Waals surface area contributed by atoms with Gasteiger partial charge in [-0.3, -0.25) is 0 Å². The van der Waals surface area contributed by atoms with Gasteiger partial charge in [0.2, 0.25) is 0 Å². The number of hydrogen-bond acceptors (Lipinski definition) is 3. The lowest BCUT2D eigenvalue weighted by Crippen LogP contribution is -2.17. The highest BCUT2D eigenvalue weighted by molar-refractivity contribution is 5.90. The van der Waals surface area contributed by atoms with Crippen LogP contribution in [0.3, 0.4) is 0 Å². The van der Waals surface area contributed by atoms with E-state index in [9.17, 15) is 18.0 Å². The highest BCUT2D eigenvalue weighted by Crippen LogP contribution is 2.14. The molecule has 0 aromatic heterocycles. The largest absolute Gasteiger partial charge is 0.465 e. The predicted molar refractivity (Wildman–Crippen MR) is 73.3 cm³/mol. The van der Waals surface area contributed by atoms with Crippen LogP contribution in [0.1, 0.15) is 36.7 Å². The van der Waals surface area contributed by atoms with Crippen LogP contribution in [0, 0.1) is 12.3 Å². The molecule has 0 aliphatic heterocycles. The highest BCUT2D eigenvalue weighted by atomic mass is 19.4. The summed E-state index contributed by atoms with van der Waals surface area (Å²) in [6, 6.07) is 7.34. The molecule has 1 aromatic rings. The summed E-state index contributed by atoms with van der Waals surface area (Å²) in [4.78, 5) is 11.0. The summed E-state index contributed by atoms with van der Waals surface area (Å²) >= 11 is 0. The molecule has 0 aliphatic rings. The number of esters is 1. The maximum atomic E-state index is 11.0. The third-order valence-corrected chi connectivity index (χ3v) is 1.98. The zero-order chi connectivity index (χ0) is 16.3. The molecule has 0 heterocycles. The number of carbonyl (C=O) groups excluding carboxylic acids is 1. The fourth-order valence-corrected chi connectivity index (χ4v) is 0.912. The number of aryl methyl sites for hydroxylation is 1. The van der Waals surface area contributed by atoms with Crippen LogP contribution in [0.4, 0.5) is 13.2 Å². The van der Waals surface area contributed by atoms with Gasteiger partial charge in [-0.1, -0.05) is 32.0 Å². The van der Waals surface area contributed by atoms with Gasteiger partial charge in [-0.25, -0.2) is 4.79 Å². The molecule has 0 fully saturated rings. The first kappa shape index (κ1) is 20.5. The Bertz CT molecular complexity index is 429. The van der Waals surface area contributed by atoms with Crippen molar-refractivity contribution in [3.05, 3.63) is 35.4 Å². The number of ether oxygens (including phenoxy) is 1. The number of carbonyl (C=O) groups is 1. The fraction of sp³-hybridized carbons (Fsp3) is 0.429. The molecule has 0 saturated heterocycles. The quantitative estimate of drug-likeness (QED) is 0.616. The monoisotopic (exact) mass is 291 g/mol. The summed E-state index contributed by atoms with van der Waals surface area (Å²) in [5, 5.41) is 6.02. The Morgan fingerprint density at radius 3 is 1.90 bits per heavy atom. The molecule has 6 heteroatoms. The van der Waals surface area contributed by atoms with Crippen molar-refractivity contribution in [3.63, 3.8) is 0 Å². The van der Waals surface area contributed by atoms with Crippen LogP contribution < -0.4 is 0 Å². The Labute approximate surface area is 117 Å². The van der Waals surface area contributed by atoms with Crippen LogP contribution in [0.25, 0.3) is 0 Å². The molecule has 0 amide bonds. The maximum Gasteiger partial charge on any atom is 0.428 e. The average molecular weight is 291 g/mol. The second-order valence-electron chi connectivity index (χ2n) is 3.43. The van der Waals surface area contributed by atoms with Gasteiger partial charge < -0.3 is 10.1 Å². The molecule has 0 radical (unpaired) electrons. The zero-order valence-corrected chi connectivity index (χ0v) is 12.3. The molecule has 0 saturated carbocycles. The molecular formula is C14H20F3NO2. The molecule has 20 heavy (non-hydrogen) atoms. The normalized spacial score (nSPS) is 9.40. The molecule has 0 atom stereocenters. The van der Waals surface area contributed by atoms with E-state index in [1.54, 1.807) is 6.07 Å². The molecule has 114 valence electrons. The van der Waals surface area contributed by atoms with Gasteiger partial charge in [-0.05, 0) is 25.5 Å². The Morgan fingerprint density at radius 2 is 1.60 bits per heavy atom. The molecule has 0 bridgehead atoms. The number of methoxy groups -OCH3 is 1. The van der Waals surface area contributed by atoms with Gasteiger partial charge in [-0.2, -0.15) is 13.2 Å². The Morgan fingerprint density at radius 1 is 1.20 bits per heavy atom. The number of rotatable bonds is 1. The summed E-state index contributed by atoms with van der Waals surface area (Å²) < 4.78 is 37.4. The van der Waals surface area contributed by atoms with Crippen molar-refractivity contribution in [1.82, 2.24) is 0 Å². The average Bonchev–Trinajstić information content (AvgIpc) is 2.40. The van der Waals surface area contributed by atoms with E-state index >= 15 is 0 Å². The van der Waals surface area contributed by atoms with Crippen LogP contribution >= 0.6 is 0 Å². The van der Waals surface area contributed by atoms with Crippen LogP contribution in [0.15, 0.2) is 24.3 Å². The summed E-state index contributed by atoms with van der Waals surface area (Å²) in [7, 11) is 1.38.